The fraction of sp³-hybridized carbons (Fsp3) is 0.286. The van der Waals surface area contributed by atoms with E-state index in [1.807, 2.05) is 0 Å². The molecule has 6 N–H and O–H groups in total. The molecular weight excluding hydrogens is 246 g/mol. The number of nitrogens with zero attached hydrogens (tertiary/aromatic N) is 4. The first-order valence-electron chi connectivity index (χ1n) is 4.57. The van der Waals surface area contributed by atoms with E-state index >= 15 is 0 Å². The minimum Gasteiger partial charge on any atom is -0.368 e. The maximum absolute atomic E-state index is 9.19. The van der Waals surface area contributed by atoms with E-state index in [1.54, 1.807) is 17.9 Å². The maximum atomic E-state index is 9.19. The zero-order chi connectivity index (χ0) is 12.6. The lowest BCUT2D eigenvalue weighted by Gasteiger charge is -2.27. The van der Waals surface area contributed by atoms with Gasteiger partial charge in [-0.25, -0.2) is 4.98 Å². The first kappa shape index (κ1) is 11.9. The van der Waals surface area contributed by atoms with Crippen LogP contribution in [0.1, 0.15) is 0 Å². The van der Waals surface area contributed by atoms with Gasteiger partial charge in [-0.05, 0) is 0 Å². The van der Waals surface area contributed by atoms with E-state index in [4.69, 9.17) is 5.73 Å². The van der Waals surface area contributed by atoms with E-state index in [0.29, 0.717) is 11.2 Å². The van der Waals surface area contributed by atoms with Crippen LogP contribution in [0.4, 0.5) is 11.8 Å². The molecule has 0 aliphatic rings. The highest BCUT2D eigenvalue weighted by Gasteiger charge is 2.12. The molecule has 94 valence electrons. The third kappa shape index (κ3) is 2.55. The highest BCUT2D eigenvalue weighted by atomic mass is 32.3. The molecule has 10 heteroatoms. The Labute approximate surface area is 98.5 Å². The number of imidazole rings is 1. The number of hydrazine groups is 1. The lowest BCUT2D eigenvalue weighted by Crippen LogP contribution is -2.26. The van der Waals surface area contributed by atoms with Crippen molar-refractivity contribution < 1.29 is 9.11 Å². The lowest BCUT2D eigenvalue weighted by atomic mass is 10.5. The monoisotopic (exact) mass is 259 g/mol. The summed E-state index contributed by atoms with van der Waals surface area (Å²) in [5.74, 6) is 0.355. The average molecular weight is 259 g/mol. The minimum atomic E-state index is -2.89. The largest absolute Gasteiger partial charge is 0.368 e. The van der Waals surface area contributed by atoms with Gasteiger partial charge in [-0.2, -0.15) is 9.97 Å². The topological polar surface area (TPSA) is 134 Å². The van der Waals surface area contributed by atoms with E-state index < -0.39 is 10.8 Å². The van der Waals surface area contributed by atoms with E-state index in [-0.39, 0.29) is 11.8 Å². The molecule has 0 radical (unpaired) electrons. The van der Waals surface area contributed by atoms with Crippen LogP contribution in [0, 0.1) is 0 Å². The molecule has 0 atom stereocenters. The molecule has 0 bridgehead atoms. The number of nitrogen functional groups attached to an aromatic ring is 1. The summed E-state index contributed by atoms with van der Waals surface area (Å²) in [6.45, 7) is 0. The van der Waals surface area contributed by atoms with Crippen LogP contribution in [-0.4, -0.2) is 34.9 Å². The summed E-state index contributed by atoms with van der Waals surface area (Å²) in [6.07, 6.45) is 2.80. The molecule has 0 amide bonds. The van der Waals surface area contributed by atoms with Gasteiger partial charge < -0.3 is 10.3 Å². The van der Waals surface area contributed by atoms with Gasteiger partial charge in [0.2, 0.25) is 5.95 Å². The van der Waals surface area contributed by atoms with Gasteiger partial charge in [0.1, 0.15) is 0 Å². The smallest absolute Gasteiger partial charge is 0.224 e. The standard InChI is InChI=1S/C7H13N7O2S/c1-14-3-9-4-5(12-13-17(2,15)16)10-7(8)11-6(4)14/h3,13,15-16H,1-2H3,(H3,8,10,11,12). The second-order valence-corrected chi connectivity index (χ2v) is 5.39. The molecule has 2 heterocycles. The molecule has 0 aliphatic heterocycles. The summed E-state index contributed by atoms with van der Waals surface area (Å²) in [7, 11) is -1.12. The summed E-state index contributed by atoms with van der Waals surface area (Å²) in [5.41, 5.74) is 9.14. The molecule has 0 fully saturated rings. The number of hydrogen-bond donors (Lipinski definition) is 5. The normalized spacial score (nSPS) is 12.9. The van der Waals surface area contributed by atoms with E-state index in [1.165, 1.54) is 6.26 Å². The number of nitrogens with one attached hydrogen (secondary N) is 2. The van der Waals surface area contributed by atoms with Crippen LogP contribution in [0.3, 0.4) is 0 Å². The fourth-order valence-electron chi connectivity index (χ4n) is 1.26. The van der Waals surface area contributed by atoms with Gasteiger partial charge in [-0.15, -0.1) is 15.6 Å². The molecule has 0 aliphatic carbocycles. The van der Waals surface area contributed by atoms with E-state index in [9.17, 15) is 9.11 Å². The zero-order valence-corrected chi connectivity index (χ0v) is 10.1. The SMILES string of the molecule is Cn1cnc2c(NNS(C)(O)O)nc(N)nc21. The summed E-state index contributed by atoms with van der Waals surface area (Å²) < 4.78 is 20.1. The van der Waals surface area contributed by atoms with Crippen LogP contribution in [0.2, 0.25) is 0 Å². The van der Waals surface area contributed by atoms with E-state index in [2.05, 4.69) is 25.2 Å². The predicted molar refractivity (Wildman–Crippen MR) is 66.2 cm³/mol. The van der Waals surface area contributed by atoms with Crippen molar-refractivity contribution in [2.75, 3.05) is 17.4 Å². The summed E-state index contributed by atoms with van der Waals surface area (Å²) in [5, 5.41) is 0. The van der Waals surface area contributed by atoms with Gasteiger partial charge in [0, 0.05) is 13.3 Å². The molecule has 17 heavy (non-hydrogen) atoms. The molecule has 0 aromatic carbocycles. The number of anilines is 2. The fourth-order valence-corrected chi connectivity index (χ4v) is 1.55. The van der Waals surface area contributed by atoms with Gasteiger partial charge in [-0.3, -0.25) is 14.5 Å². The average Bonchev–Trinajstić information content (AvgIpc) is 2.56. The molecule has 9 nitrogen and oxygen atoms in total. The van der Waals surface area contributed by atoms with Crippen LogP contribution in [0.15, 0.2) is 6.33 Å². The Bertz CT molecular complexity index is 549. The van der Waals surface area contributed by atoms with Crippen molar-refractivity contribution in [2.45, 2.75) is 0 Å². The van der Waals surface area contributed by atoms with E-state index in [0.717, 1.165) is 0 Å². The Morgan fingerprint density at radius 1 is 1.41 bits per heavy atom. The van der Waals surface area contributed by atoms with Crippen molar-refractivity contribution in [1.82, 2.24) is 24.4 Å². The molecule has 0 spiro atoms. The quantitative estimate of drug-likeness (QED) is 0.492. The number of rotatable bonds is 3. The Hall–Kier alpha value is -1.62. The Kier molecular flexibility index (Phi) is 2.79. The molecule has 2 rings (SSSR count). The first-order chi connectivity index (χ1) is 7.87. The second kappa shape index (κ2) is 4.00. The molecule has 2 aromatic rings. The van der Waals surface area contributed by atoms with Crippen LogP contribution < -0.4 is 16.0 Å². The number of hydrogen-bond acceptors (Lipinski definition) is 8. The van der Waals surface area contributed by atoms with Gasteiger partial charge in [-0.1, -0.05) is 0 Å². The van der Waals surface area contributed by atoms with Crippen molar-refractivity contribution in [3.63, 3.8) is 0 Å². The van der Waals surface area contributed by atoms with Gasteiger partial charge >= 0.3 is 0 Å². The van der Waals surface area contributed by atoms with Crippen molar-refractivity contribution in [1.29, 1.82) is 0 Å². The van der Waals surface area contributed by atoms with Crippen molar-refractivity contribution in [2.24, 2.45) is 7.05 Å². The molecule has 0 saturated carbocycles. The van der Waals surface area contributed by atoms with Gasteiger partial charge in [0.15, 0.2) is 17.0 Å². The van der Waals surface area contributed by atoms with Crippen LogP contribution in [0.5, 0.6) is 0 Å². The third-order valence-electron chi connectivity index (χ3n) is 1.94. The van der Waals surface area contributed by atoms with Crippen molar-refractivity contribution in [3.8, 4) is 0 Å². The van der Waals surface area contributed by atoms with Crippen LogP contribution in [-0.2, 0) is 7.05 Å². The Morgan fingerprint density at radius 3 is 2.76 bits per heavy atom. The second-order valence-electron chi connectivity index (χ2n) is 3.52. The molecule has 0 saturated heterocycles. The predicted octanol–water partition coefficient (Wildman–Crippen LogP) is 0.157. The summed E-state index contributed by atoms with van der Waals surface area (Å²) >= 11 is 0. The zero-order valence-electron chi connectivity index (χ0n) is 9.25. The van der Waals surface area contributed by atoms with Gasteiger partial charge in [0.25, 0.3) is 0 Å². The van der Waals surface area contributed by atoms with Crippen molar-refractivity contribution in [3.05, 3.63) is 6.33 Å². The Morgan fingerprint density at radius 2 is 2.12 bits per heavy atom. The number of aromatic nitrogens is 4. The van der Waals surface area contributed by atoms with Crippen LogP contribution >= 0.6 is 10.8 Å². The van der Waals surface area contributed by atoms with Crippen LogP contribution in [0.25, 0.3) is 11.2 Å². The lowest BCUT2D eigenvalue weighted by molar-refractivity contribution is 0.484. The Balaban J connectivity index is 2.39. The summed E-state index contributed by atoms with van der Waals surface area (Å²) in [6, 6.07) is 0. The highest BCUT2D eigenvalue weighted by Crippen LogP contribution is 2.27. The third-order valence-corrected chi connectivity index (χ3v) is 2.43. The van der Waals surface area contributed by atoms with Crippen molar-refractivity contribution >= 4 is 33.7 Å². The number of fused-ring (bicyclic) bond motifs is 1. The summed E-state index contributed by atoms with van der Waals surface area (Å²) in [4.78, 5) is 14.3. The highest BCUT2D eigenvalue weighted by molar-refractivity contribution is 8.22. The number of aryl methyl sites for hydroxylation is 1. The molecular formula is C7H13N7O2S. The first-order valence-corrected chi connectivity index (χ1v) is 6.53. The van der Waals surface area contributed by atoms with Gasteiger partial charge in [0.05, 0.1) is 6.33 Å². The molecule has 2 aromatic heterocycles. The maximum Gasteiger partial charge on any atom is 0.224 e. The minimum absolute atomic E-state index is 0.0676. The molecule has 0 unspecified atom stereocenters. The number of nitrogens with two attached hydrogens (primary N) is 1.